The molecule has 5 unspecified atom stereocenters. The zero-order valence-corrected chi connectivity index (χ0v) is 56.2. The monoisotopic (exact) mass is 1330 g/mol. The lowest BCUT2D eigenvalue weighted by Gasteiger charge is -2.24. The van der Waals surface area contributed by atoms with E-state index in [0.717, 1.165) is 91.3 Å². The molecule has 0 fully saturated rings. The minimum absolute atomic E-state index is 0.00364. The first kappa shape index (κ1) is 77.1. The third-order valence-electron chi connectivity index (χ3n) is 16.9. The second-order valence-corrected chi connectivity index (χ2v) is 24.6. The average molecular weight is 1330 g/mol. The van der Waals surface area contributed by atoms with Gasteiger partial charge in [0.15, 0.2) is 17.3 Å². The van der Waals surface area contributed by atoms with Gasteiger partial charge < -0.3 is 19.2 Å². The number of Topliss-reactive ketones (excluding diaryl/α,β-unsaturated/α-hetero) is 4. The van der Waals surface area contributed by atoms with Crippen LogP contribution in [0.25, 0.3) is 0 Å². The normalized spacial score (nSPS) is 21.0. The number of benzene rings is 5. The maximum absolute atomic E-state index is 14.0. The van der Waals surface area contributed by atoms with E-state index in [9.17, 15) is 54.7 Å². The lowest BCUT2D eigenvalue weighted by atomic mass is 9.87. The first-order valence-corrected chi connectivity index (χ1v) is 33.0. The van der Waals surface area contributed by atoms with Gasteiger partial charge in [0, 0.05) is 105 Å². The van der Waals surface area contributed by atoms with Gasteiger partial charge in [-0.05, 0) is 156 Å². The van der Waals surface area contributed by atoms with E-state index >= 15 is 0 Å². The number of ketones is 4. The molecule has 5 atom stereocenters. The lowest BCUT2D eigenvalue weighted by molar-refractivity contribution is -0.125. The van der Waals surface area contributed by atoms with E-state index in [2.05, 4.69) is 89.5 Å². The smallest absolute Gasteiger partial charge is 0.311 e. The number of alkyl halides is 7. The summed E-state index contributed by atoms with van der Waals surface area (Å²) in [6.07, 6.45) is 11.0. The highest BCUT2D eigenvalue weighted by atomic mass is 19.3. The topological polar surface area (TPSA) is 107 Å². The molecule has 97 heavy (non-hydrogen) atoms. The molecule has 15 heteroatoms. The Morgan fingerprint density at radius 2 is 1.08 bits per heavy atom. The van der Waals surface area contributed by atoms with Gasteiger partial charge in [0.1, 0.15) is 12.4 Å². The highest BCUT2D eigenvalue weighted by Crippen LogP contribution is 2.35. The third kappa shape index (κ3) is 25.2. The summed E-state index contributed by atoms with van der Waals surface area (Å²) in [5, 5.41) is 0. The Bertz CT molecular complexity index is 3940. The van der Waals surface area contributed by atoms with Gasteiger partial charge in [-0.1, -0.05) is 157 Å². The summed E-state index contributed by atoms with van der Waals surface area (Å²) in [7, 11) is 3.55. The van der Waals surface area contributed by atoms with Crippen molar-refractivity contribution in [3.8, 4) is 71.0 Å². The van der Waals surface area contributed by atoms with Gasteiger partial charge in [-0.3, -0.25) is 19.2 Å². The van der Waals surface area contributed by atoms with Crippen LogP contribution in [0.5, 0.6) is 0 Å². The molecular formula is C82H84F7NO7. The number of ether oxygens (including phenoxy) is 2. The van der Waals surface area contributed by atoms with Gasteiger partial charge in [-0.15, -0.1) is 0 Å². The van der Waals surface area contributed by atoms with Crippen LogP contribution < -0.4 is 4.90 Å². The van der Waals surface area contributed by atoms with Crippen molar-refractivity contribution in [2.75, 3.05) is 25.7 Å². The van der Waals surface area contributed by atoms with Crippen LogP contribution in [0.3, 0.4) is 0 Å². The Morgan fingerprint density at radius 3 is 1.73 bits per heavy atom. The van der Waals surface area contributed by atoms with E-state index in [1.807, 2.05) is 78.6 Å². The Balaban J connectivity index is 0.000000185. The molecule has 0 N–H and O–H groups in total. The van der Waals surface area contributed by atoms with Gasteiger partial charge in [0.2, 0.25) is 5.67 Å². The fraction of sp³-hybridized carbons (Fsp3) is 0.427. The summed E-state index contributed by atoms with van der Waals surface area (Å²) >= 11 is 0. The zero-order chi connectivity index (χ0) is 70.4. The van der Waals surface area contributed by atoms with Crippen molar-refractivity contribution in [1.82, 2.24) is 0 Å². The molecule has 6 aliphatic rings. The Labute approximate surface area is 568 Å². The summed E-state index contributed by atoms with van der Waals surface area (Å²) in [6.45, 7) is 5.53. The molecule has 508 valence electrons. The molecule has 1 heterocycles. The number of rotatable bonds is 10. The number of anilines is 1. The average Bonchev–Trinajstić information content (AvgIpc) is 0.872. The number of methoxy groups -OCH3 is 1. The number of amides is 1. The van der Waals surface area contributed by atoms with E-state index in [1.54, 1.807) is 43.3 Å². The minimum atomic E-state index is -2.98. The number of carbonyl (C=O) groups excluding carboxylic acids is 5. The van der Waals surface area contributed by atoms with E-state index in [0.29, 0.717) is 56.1 Å². The SMILES string of the molecule is CC(=O)C1(F)C#CCCCCC1.CC(=O)CC1CCCCC#CC1(F)F.CC(=O)COC1CCC#CC(F)(F)CC1.CC(=O)c1ccc(CC2CCCCC#CC2(F)F)cc1.CN1C(=O)c2ccccc2C#Cc2ccccc21.COC1Cc2ccccc2C#Cc2ccccc21. The number of halogens is 7. The zero-order valence-electron chi connectivity index (χ0n) is 56.2. The maximum atomic E-state index is 14.0. The van der Waals surface area contributed by atoms with Crippen molar-refractivity contribution >= 4 is 34.7 Å². The maximum Gasteiger partial charge on any atom is 0.311 e. The predicted molar refractivity (Wildman–Crippen MR) is 366 cm³/mol. The first-order valence-electron chi connectivity index (χ1n) is 33.0. The summed E-state index contributed by atoms with van der Waals surface area (Å²) in [6, 6.07) is 38.6. The van der Waals surface area contributed by atoms with Crippen LogP contribution >= 0.6 is 0 Å². The van der Waals surface area contributed by atoms with Gasteiger partial charge in [0.05, 0.1) is 23.5 Å². The number of carbonyl (C=O) groups is 5. The molecule has 0 radical (unpaired) electrons. The number of hydrogen-bond donors (Lipinski definition) is 0. The van der Waals surface area contributed by atoms with Crippen molar-refractivity contribution in [2.45, 2.75) is 192 Å². The standard InChI is InChI=1S/C17H18F2O.C17H14O.C16H11NO.C11H14F2O2.C11H14F2O.C10H13FO/c1-13(20)15-9-7-14(8-10-15)12-16-6-4-2-3-5-11-17(16,18)19;1-18-17-12-15-8-3-2-6-13(15)10-11-14-7-4-5-9-16(14)17;1-17-15-9-5-3-7-13(15)11-10-12-6-2-4-8-14(12)16(17)18;1-9(14)8-15-10-4-2-3-6-11(12,13)7-5-10;1-9(14)8-10-6-4-2-3-5-7-11(10,12)13;1-9(12)10(11)7-5-3-2-4-6-8-10/h7-10,16H,2-4,6,12H2,1H3;2-9,17H,12H2,1H3;2-9H,1H3;10H,2,4-5,7-8H2,1H3;10H,2-4,6,8H2,1H3;2-5,7H2,1H3. The summed E-state index contributed by atoms with van der Waals surface area (Å²) in [5.74, 6) is 20.2. The van der Waals surface area contributed by atoms with Crippen molar-refractivity contribution < 1.29 is 64.2 Å². The second-order valence-electron chi connectivity index (χ2n) is 24.6. The lowest BCUT2D eigenvalue weighted by Crippen LogP contribution is -2.30. The third-order valence-corrected chi connectivity index (χ3v) is 16.9. The van der Waals surface area contributed by atoms with E-state index in [1.165, 1.54) is 38.8 Å². The highest BCUT2D eigenvalue weighted by Gasteiger charge is 2.39. The van der Waals surface area contributed by atoms with Crippen molar-refractivity contribution in [3.05, 3.63) is 171 Å². The van der Waals surface area contributed by atoms with Crippen LogP contribution in [-0.2, 0) is 36.7 Å². The Kier molecular flexibility index (Phi) is 30.3. The van der Waals surface area contributed by atoms with E-state index in [-0.39, 0.29) is 67.8 Å². The summed E-state index contributed by atoms with van der Waals surface area (Å²) < 4.78 is 105. The molecule has 5 aromatic rings. The van der Waals surface area contributed by atoms with Gasteiger partial charge in [-0.25, -0.2) is 4.39 Å². The molecule has 0 bridgehead atoms. The van der Waals surface area contributed by atoms with Crippen molar-refractivity contribution in [1.29, 1.82) is 0 Å². The molecule has 0 spiro atoms. The molecule has 11 rings (SSSR count). The van der Waals surface area contributed by atoms with Crippen LogP contribution in [0.1, 0.15) is 209 Å². The second kappa shape index (κ2) is 38.1. The molecule has 0 aromatic heterocycles. The molecule has 0 saturated carbocycles. The van der Waals surface area contributed by atoms with Crippen molar-refractivity contribution in [2.24, 2.45) is 11.8 Å². The quantitative estimate of drug-likeness (QED) is 0.0779. The molecule has 1 amide bonds. The summed E-state index contributed by atoms with van der Waals surface area (Å²) in [4.78, 5) is 57.7. The minimum Gasteiger partial charge on any atom is -0.376 e. The predicted octanol–water partition coefficient (Wildman–Crippen LogP) is 17.5. The molecule has 0 saturated heterocycles. The first-order chi connectivity index (χ1) is 46.3. The Morgan fingerprint density at radius 1 is 0.536 bits per heavy atom. The molecule has 5 aliphatic carbocycles. The molecular weight excluding hydrogens is 1240 g/mol. The largest absolute Gasteiger partial charge is 0.376 e. The molecule has 1 aliphatic heterocycles. The van der Waals surface area contributed by atoms with Crippen LogP contribution in [0.4, 0.5) is 36.4 Å². The summed E-state index contributed by atoms with van der Waals surface area (Å²) in [5.41, 5.74) is 7.37. The number of fused-ring (bicyclic) bond motifs is 4. The number of hydrogen-bond acceptors (Lipinski definition) is 7. The van der Waals surface area contributed by atoms with Crippen LogP contribution in [-0.4, -0.2) is 79.3 Å². The van der Waals surface area contributed by atoms with Gasteiger partial charge in [-0.2, -0.15) is 26.3 Å². The van der Waals surface area contributed by atoms with Crippen molar-refractivity contribution in [3.63, 3.8) is 0 Å². The Hall–Kier alpha value is -8.96. The number of nitrogens with zero attached hydrogens (tertiary/aromatic N) is 1. The van der Waals surface area contributed by atoms with E-state index in [4.69, 9.17) is 9.47 Å². The fourth-order valence-corrected chi connectivity index (χ4v) is 11.2. The molecule has 8 nitrogen and oxygen atoms in total. The highest BCUT2D eigenvalue weighted by molar-refractivity contribution is 6.08. The van der Waals surface area contributed by atoms with Crippen LogP contribution in [0, 0.1) is 82.9 Å². The van der Waals surface area contributed by atoms with E-state index < -0.39 is 41.1 Å². The van der Waals surface area contributed by atoms with Gasteiger partial charge in [0.25, 0.3) is 5.91 Å². The van der Waals surface area contributed by atoms with Crippen LogP contribution in [0.15, 0.2) is 121 Å². The number of para-hydroxylation sites is 1. The fourth-order valence-electron chi connectivity index (χ4n) is 11.2. The molecule has 5 aromatic carbocycles. The van der Waals surface area contributed by atoms with Gasteiger partial charge >= 0.3 is 17.8 Å². The van der Waals surface area contributed by atoms with Crippen LogP contribution in [0.2, 0.25) is 0 Å².